The second-order valence-electron chi connectivity index (χ2n) is 6.63. The Balaban J connectivity index is 1.65. The topological polar surface area (TPSA) is 80.6 Å². The molecule has 0 aliphatic carbocycles. The van der Waals surface area contributed by atoms with Gasteiger partial charge in [-0.2, -0.15) is 0 Å². The fourth-order valence-corrected chi connectivity index (χ4v) is 3.52. The van der Waals surface area contributed by atoms with Gasteiger partial charge in [0.25, 0.3) is 11.8 Å². The van der Waals surface area contributed by atoms with Crippen molar-refractivity contribution in [2.45, 2.75) is 26.9 Å². The average molecular weight is 457 g/mol. The molecule has 0 aliphatic heterocycles. The van der Waals surface area contributed by atoms with Crippen molar-refractivity contribution in [3.05, 3.63) is 76.2 Å². The maximum absolute atomic E-state index is 12.6. The standard InChI is InChI=1S/C22H21BrN2O4/c1-13-10-16(23)11-14(2)20(13)29-15(3)21(26)24-17-6-4-7-18(12-17)25-22(27)19-8-5-9-28-19/h4-12,15H,1-3H3,(H,24,26)(H,25,27). The Kier molecular flexibility index (Phi) is 6.39. The van der Waals surface area contributed by atoms with Crippen molar-refractivity contribution in [2.24, 2.45) is 0 Å². The van der Waals surface area contributed by atoms with E-state index in [1.165, 1.54) is 6.26 Å². The van der Waals surface area contributed by atoms with E-state index in [1.54, 1.807) is 43.3 Å². The number of carbonyl (C=O) groups is 2. The Labute approximate surface area is 177 Å². The van der Waals surface area contributed by atoms with Crippen molar-refractivity contribution >= 4 is 39.1 Å². The van der Waals surface area contributed by atoms with Crippen LogP contribution in [0.2, 0.25) is 0 Å². The molecule has 2 aromatic carbocycles. The van der Waals surface area contributed by atoms with Crippen LogP contribution in [0, 0.1) is 13.8 Å². The van der Waals surface area contributed by atoms with E-state index in [4.69, 9.17) is 9.15 Å². The molecular weight excluding hydrogens is 436 g/mol. The number of ether oxygens (including phenoxy) is 1. The third kappa shape index (κ3) is 5.26. The Hall–Kier alpha value is -3.06. The third-order valence-corrected chi connectivity index (χ3v) is 4.68. The van der Waals surface area contributed by atoms with Gasteiger partial charge in [0.1, 0.15) is 5.75 Å². The van der Waals surface area contributed by atoms with Crippen LogP contribution >= 0.6 is 15.9 Å². The smallest absolute Gasteiger partial charge is 0.291 e. The van der Waals surface area contributed by atoms with Gasteiger partial charge in [-0.05, 0) is 74.4 Å². The highest BCUT2D eigenvalue weighted by molar-refractivity contribution is 9.10. The van der Waals surface area contributed by atoms with E-state index in [0.29, 0.717) is 17.1 Å². The highest BCUT2D eigenvalue weighted by atomic mass is 79.9. The van der Waals surface area contributed by atoms with Crippen LogP contribution < -0.4 is 15.4 Å². The predicted octanol–water partition coefficient (Wildman–Crippen LogP) is 5.32. The lowest BCUT2D eigenvalue weighted by Gasteiger charge is -2.18. The molecule has 1 heterocycles. The van der Waals surface area contributed by atoms with Gasteiger partial charge in [-0.25, -0.2) is 0 Å². The summed E-state index contributed by atoms with van der Waals surface area (Å²) in [5.41, 5.74) is 2.97. The van der Waals surface area contributed by atoms with Crippen molar-refractivity contribution in [1.29, 1.82) is 0 Å². The van der Waals surface area contributed by atoms with Crippen LogP contribution in [0.4, 0.5) is 11.4 Å². The summed E-state index contributed by atoms with van der Waals surface area (Å²) in [7, 11) is 0. The molecule has 6 nitrogen and oxygen atoms in total. The van der Waals surface area contributed by atoms with E-state index in [-0.39, 0.29) is 17.6 Å². The molecule has 7 heteroatoms. The van der Waals surface area contributed by atoms with Crippen molar-refractivity contribution in [3.8, 4) is 5.75 Å². The number of furan rings is 1. The van der Waals surface area contributed by atoms with Gasteiger partial charge in [0.2, 0.25) is 0 Å². The number of halogens is 1. The summed E-state index contributed by atoms with van der Waals surface area (Å²) in [5, 5.41) is 5.54. The molecule has 1 unspecified atom stereocenters. The van der Waals surface area contributed by atoms with Crippen LogP contribution in [0.25, 0.3) is 0 Å². The molecule has 0 spiro atoms. The van der Waals surface area contributed by atoms with Gasteiger partial charge >= 0.3 is 0 Å². The quantitative estimate of drug-likeness (QED) is 0.525. The first-order chi connectivity index (χ1) is 13.8. The second-order valence-corrected chi connectivity index (χ2v) is 7.55. The van der Waals surface area contributed by atoms with Crippen LogP contribution in [0.5, 0.6) is 5.75 Å². The molecule has 3 aromatic rings. The summed E-state index contributed by atoms with van der Waals surface area (Å²) < 4.78 is 11.9. The van der Waals surface area contributed by atoms with E-state index < -0.39 is 6.10 Å². The van der Waals surface area contributed by atoms with E-state index in [1.807, 2.05) is 26.0 Å². The van der Waals surface area contributed by atoms with Crippen LogP contribution in [-0.2, 0) is 4.79 Å². The van der Waals surface area contributed by atoms with Gasteiger partial charge in [0.05, 0.1) is 6.26 Å². The SMILES string of the molecule is Cc1cc(Br)cc(C)c1OC(C)C(=O)Nc1cccc(NC(=O)c2ccco2)c1. The molecule has 29 heavy (non-hydrogen) atoms. The lowest BCUT2D eigenvalue weighted by molar-refractivity contribution is -0.122. The molecule has 2 N–H and O–H groups in total. The van der Waals surface area contributed by atoms with Crippen molar-refractivity contribution < 1.29 is 18.7 Å². The number of amides is 2. The minimum atomic E-state index is -0.699. The number of rotatable bonds is 6. The minimum absolute atomic E-state index is 0.210. The zero-order chi connectivity index (χ0) is 21.0. The first-order valence-electron chi connectivity index (χ1n) is 9.02. The van der Waals surface area contributed by atoms with Gasteiger partial charge in [-0.3, -0.25) is 9.59 Å². The van der Waals surface area contributed by atoms with Gasteiger partial charge < -0.3 is 19.8 Å². The number of benzene rings is 2. The maximum atomic E-state index is 12.6. The fourth-order valence-electron chi connectivity index (χ4n) is 2.83. The summed E-state index contributed by atoms with van der Waals surface area (Å²) in [6, 6.07) is 14.0. The van der Waals surface area contributed by atoms with E-state index in [9.17, 15) is 9.59 Å². The fraction of sp³-hybridized carbons (Fsp3) is 0.182. The van der Waals surface area contributed by atoms with Gasteiger partial charge in [-0.1, -0.05) is 22.0 Å². The third-order valence-electron chi connectivity index (χ3n) is 4.22. The first kappa shape index (κ1) is 20.7. The van der Waals surface area contributed by atoms with Crippen molar-refractivity contribution in [2.75, 3.05) is 10.6 Å². The normalized spacial score (nSPS) is 11.6. The molecule has 0 fully saturated rings. The van der Waals surface area contributed by atoms with Crippen LogP contribution in [-0.4, -0.2) is 17.9 Å². The maximum Gasteiger partial charge on any atom is 0.291 e. The summed E-state index contributed by atoms with van der Waals surface area (Å²) in [4.78, 5) is 24.7. The molecule has 150 valence electrons. The lowest BCUT2D eigenvalue weighted by Crippen LogP contribution is -2.30. The van der Waals surface area contributed by atoms with Crippen LogP contribution in [0.1, 0.15) is 28.6 Å². The highest BCUT2D eigenvalue weighted by Gasteiger charge is 2.18. The number of hydrogen-bond acceptors (Lipinski definition) is 4. The van der Waals surface area contributed by atoms with Crippen molar-refractivity contribution in [3.63, 3.8) is 0 Å². The zero-order valence-corrected chi connectivity index (χ0v) is 17.9. The Morgan fingerprint density at radius 3 is 2.28 bits per heavy atom. The number of anilines is 2. The van der Waals surface area contributed by atoms with E-state index in [0.717, 1.165) is 15.6 Å². The molecule has 0 bridgehead atoms. The Bertz CT molecular complexity index is 1010. The van der Waals surface area contributed by atoms with Crippen LogP contribution in [0.15, 0.2) is 63.7 Å². The summed E-state index contributed by atoms with van der Waals surface area (Å²) in [6.45, 7) is 5.56. The Morgan fingerprint density at radius 2 is 1.66 bits per heavy atom. The monoisotopic (exact) mass is 456 g/mol. The highest BCUT2D eigenvalue weighted by Crippen LogP contribution is 2.28. The zero-order valence-electron chi connectivity index (χ0n) is 16.3. The molecule has 0 saturated carbocycles. The van der Waals surface area contributed by atoms with Crippen LogP contribution in [0.3, 0.4) is 0 Å². The number of nitrogens with one attached hydrogen (secondary N) is 2. The number of hydrogen-bond donors (Lipinski definition) is 2. The number of aryl methyl sites for hydroxylation is 2. The van der Waals surface area contributed by atoms with E-state index >= 15 is 0 Å². The van der Waals surface area contributed by atoms with Gasteiger partial charge in [-0.15, -0.1) is 0 Å². The summed E-state index contributed by atoms with van der Waals surface area (Å²) in [6.07, 6.45) is 0.733. The predicted molar refractivity (Wildman–Crippen MR) is 115 cm³/mol. The second kappa shape index (κ2) is 8.96. The number of carbonyl (C=O) groups excluding carboxylic acids is 2. The molecule has 0 aliphatic rings. The molecule has 3 rings (SSSR count). The molecule has 2 amide bonds. The Morgan fingerprint density at radius 1 is 1.00 bits per heavy atom. The van der Waals surface area contributed by atoms with E-state index in [2.05, 4.69) is 26.6 Å². The molecule has 1 aromatic heterocycles. The first-order valence-corrected chi connectivity index (χ1v) is 9.82. The molecular formula is C22H21BrN2O4. The van der Waals surface area contributed by atoms with Gasteiger partial charge in [0.15, 0.2) is 11.9 Å². The minimum Gasteiger partial charge on any atom is -0.480 e. The summed E-state index contributed by atoms with van der Waals surface area (Å²) in [5.74, 6) is 0.245. The molecule has 1 atom stereocenters. The molecule has 0 saturated heterocycles. The molecule has 0 radical (unpaired) electrons. The largest absolute Gasteiger partial charge is 0.480 e. The lowest BCUT2D eigenvalue weighted by atomic mass is 10.1. The summed E-state index contributed by atoms with van der Waals surface area (Å²) >= 11 is 3.45. The van der Waals surface area contributed by atoms with Crippen molar-refractivity contribution in [1.82, 2.24) is 0 Å². The average Bonchev–Trinajstić information content (AvgIpc) is 3.19. The van der Waals surface area contributed by atoms with Gasteiger partial charge in [0, 0.05) is 15.8 Å².